The summed E-state index contributed by atoms with van der Waals surface area (Å²) in [7, 11) is 1.67. The van der Waals surface area contributed by atoms with Crippen molar-refractivity contribution >= 4 is 29.3 Å². The monoisotopic (exact) mass is 569 g/mol. The van der Waals surface area contributed by atoms with Crippen molar-refractivity contribution in [2.45, 2.75) is 52.3 Å². The van der Waals surface area contributed by atoms with E-state index < -0.39 is 12.1 Å². The second-order valence-electron chi connectivity index (χ2n) is 10.8. The highest BCUT2D eigenvalue weighted by Crippen LogP contribution is 2.34. The minimum atomic E-state index is -0.483. The molecule has 0 bridgehead atoms. The smallest absolute Gasteiger partial charge is 0.321 e. The van der Waals surface area contributed by atoms with E-state index in [1.54, 1.807) is 55.3 Å². The number of nitrogens with zero attached hydrogens (tertiary/aromatic N) is 2. The summed E-state index contributed by atoms with van der Waals surface area (Å²) in [6.07, 6.45) is -0.454. The molecule has 4 rings (SSSR count). The summed E-state index contributed by atoms with van der Waals surface area (Å²) in [4.78, 5) is 41.9. The zero-order valence-corrected chi connectivity index (χ0v) is 24.1. The van der Waals surface area contributed by atoms with Gasteiger partial charge in [-0.05, 0) is 51.1 Å². The molecule has 2 heterocycles. The molecule has 222 valence electrons. The first kappa shape index (κ1) is 29.8. The standard InChI is InChI=1S/C29H39N5O7/c1-17(2)30-28(37)31-21-6-8-23-20(10-21)11-27(36)34(19(4)15-35)13-18(3)26(41-23)14-33(5)29(38)32-22-7-9-24-25(12-22)40-16-39-24/h6-10,12,17-19,26,35H,11,13-16H2,1-5H3,(H,32,38)(H2,30,31,37)/t18-,19-,26+/m1/s1. The summed E-state index contributed by atoms with van der Waals surface area (Å²) in [5.74, 6) is 1.33. The lowest BCUT2D eigenvalue weighted by Gasteiger charge is -2.34. The van der Waals surface area contributed by atoms with Gasteiger partial charge in [0.25, 0.3) is 0 Å². The van der Waals surface area contributed by atoms with Crippen LogP contribution in [0.2, 0.25) is 0 Å². The quantitative estimate of drug-likeness (QED) is 0.401. The van der Waals surface area contributed by atoms with Crippen LogP contribution in [0.25, 0.3) is 0 Å². The molecule has 0 radical (unpaired) electrons. The van der Waals surface area contributed by atoms with Gasteiger partial charge < -0.3 is 45.1 Å². The van der Waals surface area contributed by atoms with Crippen LogP contribution in [-0.4, -0.2) is 84.6 Å². The Hall–Kier alpha value is -4.19. The second kappa shape index (κ2) is 13.0. The maximum Gasteiger partial charge on any atom is 0.321 e. The normalized spacial score (nSPS) is 18.8. The summed E-state index contributed by atoms with van der Waals surface area (Å²) in [6.45, 7) is 7.98. The molecule has 41 heavy (non-hydrogen) atoms. The summed E-state index contributed by atoms with van der Waals surface area (Å²) >= 11 is 0. The van der Waals surface area contributed by atoms with Crippen LogP contribution in [0.15, 0.2) is 36.4 Å². The third-order valence-electron chi connectivity index (χ3n) is 7.02. The number of amides is 5. The van der Waals surface area contributed by atoms with E-state index in [4.69, 9.17) is 14.2 Å². The molecule has 12 heteroatoms. The first-order chi connectivity index (χ1) is 19.5. The molecule has 2 aromatic carbocycles. The van der Waals surface area contributed by atoms with Gasteiger partial charge in [0.2, 0.25) is 12.7 Å². The minimum Gasteiger partial charge on any atom is -0.488 e. The van der Waals surface area contributed by atoms with E-state index in [9.17, 15) is 19.5 Å². The molecule has 2 aliphatic rings. The number of carbonyl (C=O) groups excluding carboxylic acids is 3. The van der Waals surface area contributed by atoms with Gasteiger partial charge in [0, 0.05) is 48.6 Å². The van der Waals surface area contributed by atoms with Crippen molar-refractivity contribution in [3.05, 3.63) is 42.0 Å². The fourth-order valence-electron chi connectivity index (χ4n) is 4.70. The van der Waals surface area contributed by atoms with E-state index in [1.807, 2.05) is 20.8 Å². The Labute approximate surface area is 239 Å². The molecule has 0 saturated heterocycles. The van der Waals surface area contributed by atoms with Gasteiger partial charge in [-0.3, -0.25) is 4.79 Å². The molecular formula is C29H39N5O7. The van der Waals surface area contributed by atoms with Gasteiger partial charge in [-0.15, -0.1) is 0 Å². The highest BCUT2D eigenvalue weighted by Gasteiger charge is 2.32. The third kappa shape index (κ3) is 7.51. The van der Waals surface area contributed by atoms with Crippen LogP contribution in [0.1, 0.15) is 33.3 Å². The lowest BCUT2D eigenvalue weighted by molar-refractivity contribution is -0.134. The second-order valence-corrected chi connectivity index (χ2v) is 10.8. The molecule has 3 atom stereocenters. The number of aliphatic hydroxyl groups excluding tert-OH is 1. The number of carbonyl (C=O) groups is 3. The Morgan fingerprint density at radius 2 is 1.73 bits per heavy atom. The van der Waals surface area contributed by atoms with Crippen molar-refractivity contribution in [3.63, 3.8) is 0 Å². The van der Waals surface area contributed by atoms with Crippen molar-refractivity contribution in [2.75, 3.05) is 44.2 Å². The van der Waals surface area contributed by atoms with Gasteiger partial charge in [-0.25, -0.2) is 9.59 Å². The predicted octanol–water partition coefficient (Wildman–Crippen LogP) is 3.26. The first-order valence-electron chi connectivity index (χ1n) is 13.7. The van der Waals surface area contributed by atoms with Gasteiger partial charge in [-0.2, -0.15) is 0 Å². The molecule has 0 saturated carbocycles. The number of benzene rings is 2. The summed E-state index contributed by atoms with van der Waals surface area (Å²) in [6, 6.07) is 9.20. The van der Waals surface area contributed by atoms with Crippen LogP contribution in [0.4, 0.5) is 21.0 Å². The van der Waals surface area contributed by atoms with E-state index in [-0.39, 0.29) is 56.3 Å². The maximum absolute atomic E-state index is 13.4. The van der Waals surface area contributed by atoms with Crippen molar-refractivity contribution in [3.8, 4) is 17.2 Å². The third-order valence-corrected chi connectivity index (χ3v) is 7.02. The molecule has 2 aliphatic heterocycles. The van der Waals surface area contributed by atoms with Crippen LogP contribution in [-0.2, 0) is 11.2 Å². The van der Waals surface area contributed by atoms with Gasteiger partial charge in [0.05, 0.1) is 25.6 Å². The Kier molecular flexibility index (Phi) is 9.43. The number of aliphatic hydroxyl groups is 1. The number of ether oxygens (including phenoxy) is 3. The molecular weight excluding hydrogens is 530 g/mol. The van der Waals surface area contributed by atoms with Gasteiger partial charge >= 0.3 is 12.1 Å². The Morgan fingerprint density at radius 3 is 2.44 bits per heavy atom. The van der Waals surface area contributed by atoms with Crippen LogP contribution >= 0.6 is 0 Å². The number of hydrogen-bond acceptors (Lipinski definition) is 7. The molecule has 4 N–H and O–H groups in total. The molecule has 0 unspecified atom stereocenters. The fourth-order valence-corrected chi connectivity index (χ4v) is 4.70. The van der Waals surface area contributed by atoms with E-state index in [0.717, 1.165) is 0 Å². The fraction of sp³-hybridized carbons (Fsp3) is 0.483. The first-order valence-corrected chi connectivity index (χ1v) is 13.7. The molecule has 0 spiro atoms. The zero-order chi connectivity index (χ0) is 29.7. The van der Waals surface area contributed by atoms with Gasteiger partial charge in [-0.1, -0.05) is 6.92 Å². The summed E-state index contributed by atoms with van der Waals surface area (Å²) in [5, 5.41) is 18.3. The lowest BCUT2D eigenvalue weighted by Crippen LogP contribution is -2.48. The Bertz CT molecular complexity index is 1270. The molecule has 2 aromatic rings. The number of fused-ring (bicyclic) bond motifs is 2. The number of hydrogen-bond donors (Lipinski definition) is 4. The average molecular weight is 570 g/mol. The van der Waals surface area contributed by atoms with E-state index >= 15 is 0 Å². The topological polar surface area (TPSA) is 142 Å². The molecule has 0 aromatic heterocycles. The van der Waals surface area contributed by atoms with Crippen LogP contribution in [0.5, 0.6) is 17.2 Å². The van der Waals surface area contributed by atoms with E-state index in [1.165, 1.54) is 4.90 Å². The van der Waals surface area contributed by atoms with Crippen LogP contribution in [0.3, 0.4) is 0 Å². The minimum absolute atomic E-state index is 0.0286. The number of urea groups is 2. The predicted molar refractivity (Wildman–Crippen MR) is 153 cm³/mol. The molecule has 12 nitrogen and oxygen atoms in total. The summed E-state index contributed by atoms with van der Waals surface area (Å²) in [5.41, 5.74) is 1.68. The van der Waals surface area contributed by atoms with Crippen LogP contribution < -0.4 is 30.2 Å². The molecule has 5 amide bonds. The largest absolute Gasteiger partial charge is 0.488 e. The zero-order valence-electron chi connectivity index (χ0n) is 24.1. The SMILES string of the molecule is CC(C)NC(=O)Nc1ccc2c(c1)CC(=O)N([C@H](C)CO)C[C@@H](C)[C@H](CN(C)C(=O)Nc1ccc3c(c1)OCO3)O2. The van der Waals surface area contributed by atoms with E-state index in [0.29, 0.717) is 40.7 Å². The summed E-state index contributed by atoms with van der Waals surface area (Å²) < 4.78 is 17.2. The van der Waals surface area contributed by atoms with Crippen LogP contribution in [0, 0.1) is 5.92 Å². The van der Waals surface area contributed by atoms with Crippen molar-refractivity contribution in [1.29, 1.82) is 0 Å². The number of rotatable bonds is 7. The highest BCUT2D eigenvalue weighted by atomic mass is 16.7. The number of anilines is 2. The number of nitrogens with one attached hydrogen (secondary N) is 3. The maximum atomic E-state index is 13.4. The number of likely N-dealkylation sites (N-methyl/N-ethyl adjacent to an activating group) is 1. The van der Waals surface area contributed by atoms with Crippen molar-refractivity contribution in [1.82, 2.24) is 15.1 Å². The van der Waals surface area contributed by atoms with E-state index in [2.05, 4.69) is 16.0 Å². The highest BCUT2D eigenvalue weighted by molar-refractivity contribution is 5.90. The van der Waals surface area contributed by atoms with Crippen molar-refractivity contribution in [2.24, 2.45) is 5.92 Å². The Morgan fingerprint density at radius 1 is 1.05 bits per heavy atom. The van der Waals surface area contributed by atoms with Gasteiger partial charge in [0.1, 0.15) is 11.9 Å². The average Bonchev–Trinajstić information content (AvgIpc) is 3.40. The molecule has 0 aliphatic carbocycles. The molecule has 0 fully saturated rings. The van der Waals surface area contributed by atoms with Crippen molar-refractivity contribution < 1.29 is 33.7 Å². The Balaban J connectivity index is 1.55. The lowest BCUT2D eigenvalue weighted by atomic mass is 10.0. The van der Waals surface area contributed by atoms with Gasteiger partial charge in [0.15, 0.2) is 11.5 Å².